The Balaban J connectivity index is 2.70. The maximum atomic E-state index is 13.3. The minimum Gasteiger partial charge on any atom is -0.345 e. The first-order chi connectivity index (χ1) is 7.91. The molecule has 0 aliphatic carbocycles. The van der Waals surface area contributed by atoms with Crippen LogP contribution in [0.3, 0.4) is 0 Å². The third-order valence-electron chi connectivity index (χ3n) is 2.24. The van der Waals surface area contributed by atoms with Crippen LogP contribution in [0.25, 0.3) is 0 Å². The standard InChI is InChI=1S/C12H13ClFNO2/c1-7(2)11(16)6-15-12(17)9-5-8(13)3-4-10(9)14/h3-5,7H,6H2,1-2H3,(H,15,17). The molecule has 1 amide bonds. The van der Waals surface area contributed by atoms with Crippen LogP contribution < -0.4 is 5.32 Å². The smallest absolute Gasteiger partial charge is 0.254 e. The molecule has 0 heterocycles. The molecule has 3 nitrogen and oxygen atoms in total. The fourth-order valence-electron chi connectivity index (χ4n) is 1.14. The highest BCUT2D eigenvalue weighted by Gasteiger charge is 2.14. The van der Waals surface area contributed by atoms with Crippen LogP contribution >= 0.6 is 11.6 Å². The van der Waals surface area contributed by atoms with Crippen molar-refractivity contribution in [1.82, 2.24) is 5.32 Å². The quantitative estimate of drug-likeness (QED) is 0.901. The van der Waals surface area contributed by atoms with E-state index >= 15 is 0 Å². The summed E-state index contributed by atoms with van der Waals surface area (Å²) in [5, 5.41) is 2.63. The Morgan fingerprint density at radius 2 is 2.06 bits per heavy atom. The molecule has 92 valence electrons. The molecule has 0 aromatic heterocycles. The molecule has 1 aromatic rings. The van der Waals surface area contributed by atoms with Gasteiger partial charge in [-0.2, -0.15) is 0 Å². The van der Waals surface area contributed by atoms with Gasteiger partial charge >= 0.3 is 0 Å². The van der Waals surface area contributed by atoms with E-state index in [1.54, 1.807) is 13.8 Å². The lowest BCUT2D eigenvalue weighted by Crippen LogP contribution is -2.32. The average Bonchev–Trinajstić information content (AvgIpc) is 2.28. The number of ketones is 1. The molecule has 1 rings (SSSR count). The van der Waals surface area contributed by atoms with Gasteiger partial charge in [0.15, 0.2) is 5.78 Å². The van der Waals surface area contributed by atoms with E-state index in [0.717, 1.165) is 6.07 Å². The van der Waals surface area contributed by atoms with Crippen molar-refractivity contribution in [2.24, 2.45) is 5.92 Å². The first-order valence-corrected chi connectivity index (χ1v) is 5.55. The predicted molar refractivity (Wildman–Crippen MR) is 63.6 cm³/mol. The number of carbonyl (C=O) groups is 2. The Labute approximate surface area is 104 Å². The van der Waals surface area contributed by atoms with Crippen molar-refractivity contribution >= 4 is 23.3 Å². The number of hydrogen-bond donors (Lipinski definition) is 1. The van der Waals surface area contributed by atoms with Crippen LogP contribution in [0.15, 0.2) is 18.2 Å². The lowest BCUT2D eigenvalue weighted by Gasteiger charge is -2.07. The molecule has 0 bridgehead atoms. The maximum Gasteiger partial charge on any atom is 0.254 e. The SMILES string of the molecule is CC(C)C(=O)CNC(=O)c1cc(Cl)ccc1F. The minimum absolute atomic E-state index is 0.109. The zero-order chi connectivity index (χ0) is 13.0. The third-order valence-corrected chi connectivity index (χ3v) is 2.48. The largest absolute Gasteiger partial charge is 0.345 e. The monoisotopic (exact) mass is 257 g/mol. The second-order valence-corrected chi connectivity index (χ2v) is 4.36. The van der Waals surface area contributed by atoms with E-state index in [0.29, 0.717) is 0 Å². The Morgan fingerprint density at radius 1 is 1.41 bits per heavy atom. The summed E-state index contributed by atoms with van der Waals surface area (Å²) < 4.78 is 13.3. The van der Waals surface area contributed by atoms with E-state index in [2.05, 4.69) is 5.32 Å². The van der Waals surface area contributed by atoms with Gasteiger partial charge in [0.25, 0.3) is 5.91 Å². The number of benzene rings is 1. The second-order valence-electron chi connectivity index (χ2n) is 3.93. The van der Waals surface area contributed by atoms with Gasteiger partial charge in [0.05, 0.1) is 12.1 Å². The molecule has 0 spiro atoms. The molecule has 1 N–H and O–H groups in total. The van der Waals surface area contributed by atoms with Crippen LogP contribution in [0.1, 0.15) is 24.2 Å². The summed E-state index contributed by atoms with van der Waals surface area (Å²) in [4.78, 5) is 22.9. The average molecular weight is 258 g/mol. The van der Waals surface area contributed by atoms with E-state index in [4.69, 9.17) is 11.6 Å². The van der Waals surface area contributed by atoms with Gasteiger partial charge < -0.3 is 5.32 Å². The summed E-state index contributed by atoms with van der Waals surface area (Å²) in [6.45, 7) is 3.35. The van der Waals surface area contributed by atoms with E-state index in [9.17, 15) is 14.0 Å². The topological polar surface area (TPSA) is 46.2 Å². The molecule has 0 saturated carbocycles. The molecule has 17 heavy (non-hydrogen) atoms. The summed E-state index contributed by atoms with van der Waals surface area (Å²) in [6, 6.07) is 3.69. The van der Waals surface area contributed by atoms with Gasteiger partial charge in [-0.15, -0.1) is 0 Å². The van der Waals surface area contributed by atoms with Crippen molar-refractivity contribution in [1.29, 1.82) is 0 Å². The van der Waals surface area contributed by atoms with Crippen molar-refractivity contribution in [3.8, 4) is 0 Å². The van der Waals surface area contributed by atoms with Crippen LogP contribution in [0, 0.1) is 11.7 Å². The molecule has 1 aromatic carbocycles. The number of hydrogen-bond acceptors (Lipinski definition) is 2. The van der Waals surface area contributed by atoms with Gasteiger partial charge in [-0.05, 0) is 18.2 Å². The molecule has 0 fully saturated rings. The Hall–Kier alpha value is -1.42. The number of amides is 1. The first kappa shape index (κ1) is 13.6. The van der Waals surface area contributed by atoms with Crippen molar-refractivity contribution in [3.05, 3.63) is 34.6 Å². The highest BCUT2D eigenvalue weighted by atomic mass is 35.5. The minimum atomic E-state index is -0.663. The van der Waals surface area contributed by atoms with Gasteiger partial charge in [0, 0.05) is 10.9 Å². The number of Topliss-reactive ketones (excluding diaryl/α,β-unsaturated/α-hetero) is 1. The summed E-state index contributed by atoms with van der Waals surface area (Å²) in [6.07, 6.45) is 0. The first-order valence-electron chi connectivity index (χ1n) is 5.17. The van der Waals surface area contributed by atoms with E-state index in [1.165, 1.54) is 12.1 Å². The molecular formula is C12H13ClFNO2. The van der Waals surface area contributed by atoms with Crippen molar-refractivity contribution < 1.29 is 14.0 Å². The molecule has 0 unspecified atom stereocenters. The Bertz CT molecular complexity index is 446. The maximum absolute atomic E-state index is 13.3. The van der Waals surface area contributed by atoms with Gasteiger partial charge in [-0.25, -0.2) is 4.39 Å². The van der Waals surface area contributed by atoms with Gasteiger partial charge in [0.1, 0.15) is 5.82 Å². The lowest BCUT2D eigenvalue weighted by molar-refractivity contribution is -0.120. The second kappa shape index (κ2) is 5.77. The molecule has 0 atom stereocenters. The van der Waals surface area contributed by atoms with E-state index in [1.807, 2.05) is 0 Å². The predicted octanol–water partition coefficient (Wildman–Crippen LogP) is 2.43. The molecule has 0 saturated heterocycles. The number of nitrogens with one attached hydrogen (secondary N) is 1. The zero-order valence-electron chi connectivity index (χ0n) is 9.59. The summed E-state index contributed by atoms with van der Waals surface area (Å²) in [5.74, 6) is -1.58. The van der Waals surface area contributed by atoms with Crippen LogP contribution in [-0.4, -0.2) is 18.2 Å². The van der Waals surface area contributed by atoms with Crippen molar-refractivity contribution in [2.45, 2.75) is 13.8 Å². The van der Waals surface area contributed by atoms with Crippen LogP contribution in [0.5, 0.6) is 0 Å². The van der Waals surface area contributed by atoms with Crippen molar-refractivity contribution in [2.75, 3.05) is 6.54 Å². The number of carbonyl (C=O) groups excluding carboxylic acids is 2. The fourth-order valence-corrected chi connectivity index (χ4v) is 1.31. The van der Waals surface area contributed by atoms with Gasteiger partial charge in [0.2, 0.25) is 0 Å². The highest BCUT2D eigenvalue weighted by molar-refractivity contribution is 6.31. The van der Waals surface area contributed by atoms with Crippen LogP contribution in [-0.2, 0) is 4.79 Å². The Kier molecular flexibility index (Phi) is 4.63. The number of rotatable bonds is 4. The molecule has 0 aliphatic heterocycles. The third kappa shape index (κ3) is 3.82. The van der Waals surface area contributed by atoms with Crippen molar-refractivity contribution in [3.63, 3.8) is 0 Å². The molecular weight excluding hydrogens is 245 g/mol. The number of halogens is 2. The molecule has 0 radical (unpaired) electrons. The fraction of sp³-hybridized carbons (Fsp3) is 0.333. The molecule has 5 heteroatoms. The van der Waals surface area contributed by atoms with Crippen LogP contribution in [0.4, 0.5) is 4.39 Å². The zero-order valence-corrected chi connectivity index (χ0v) is 10.3. The van der Waals surface area contributed by atoms with Crippen LogP contribution in [0.2, 0.25) is 5.02 Å². The summed E-state index contributed by atoms with van der Waals surface area (Å²) in [5.41, 5.74) is -0.158. The van der Waals surface area contributed by atoms with E-state index < -0.39 is 11.7 Å². The summed E-state index contributed by atoms with van der Waals surface area (Å²) >= 11 is 5.66. The Morgan fingerprint density at radius 3 is 2.65 bits per heavy atom. The normalized spacial score (nSPS) is 10.4. The highest BCUT2D eigenvalue weighted by Crippen LogP contribution is 2.14. The van der Waals surface area contributed by atoms with E-state index in [-0.39, 0.29) is 28.8 Å². The van der Waals surface area contributed by atoms with Gasteiger partial charge in [-0.1, -0.05) is 25.4 Å². The molecule has 0 aliphatic rings. The van der Waals surface area contributed by atoms with Gasteiger partial charge in [-0.3, -0.25) is 9.59 Å². The summed E-state index contributed by atoms with van der Waals surface area (Å²) in [7, 11) is 0. The lowest BCUT2D eigenvalue weighted by atomic mass is 10.1.